The Morgan fingerprint density at radius 1 is 1.08 bits per heavy atom. The van der Waals surface area contributed by atoms with Gasteiger partial charge in [0.25, 0.3) is 0 Å². The van der Waals surface area contributed by atoms with E-state index in [9.17, 15) is 5.11 Å². The molecule has 2 aliphatic rings. The first kappa shape index (κ1) is 19.2. The second-order valence-electron chi connectivity index (χ2n) is 7.61. The highest BCUT2D eigenvalue weighted by atomic mass is 16.5. The molecule has 26 heavy (non-hydrogen) atoms. The number of aliphatic hydroxyl groups is 1. The second kappa shape index (κ2) is 9.91. The topological polar surface area (TPSA) is 59.7 Å². The Labute approximate surface area is 157 Å². The van der Waals surface area contributed by atoms with Crippen LogP contribution in [0.3, 0.4) is 0 Å². The van der Waals surface area contributed by atoms with Crippen LogP contribution in [-0.4, -0.2) is 60.3 Å². The minimum absolute atomic E-state index is 0.211. The fourth-order valence-electron chi connectivity index (χ4n) is 3.92. The summed E-state index contributed by atoms with van der Waals surface area (Å²) in [7, 11) is 0. The maximum absolute atomic E-state index is 10.3. The molecule has 0 aliphatic carbocycles. The van der Waals surface area contributed by atoms with Gasteiger partial charge < -0.3 is 14.7 Å². The van der Waals surface area contributed by atoms with Crippen molar-refractivity contribution in [2.75, 3.05) is 39.3 Å². The quantitative estimate of drug-likeness (QED) is 0.813. The number of piperidine rings is 2. The van der Waals surface area contributed by atoms with Crippen LogP contribution >= 0.6 is 0 Å². The van der Waals surface area contributed by atoms with Gasteiger partial charge in [-0.05, 0) is 57.9 Å². The van der Waals surface area contributed by atoms with Crippen molar-refractivity contribution in [3.8, 4) is 11.8 Å². The molecular formula is C21H31N3O2. The Kier molecular flexibility index (Phi) is 7.31. The van der Waals surface area contributed by atoms with Crippen molar-refractivity contribution in [2.24, 2.45) is 5.92 Å². The number of nitrogens with zero attached hydrogens (tertiary/aromatic N) is 3. The van der Waals surface area contributed by atoms with E-state index in [4.69, 9.17) is 10.00 Å². The molecule has 1 aromatic carbocycles. The molecule has 3 rings (SSSR count). The molecule has 0 bridgehead atoms. The number of aliphatic hydroxyl groups excluding tert-OH is 1. The minimum Gasteiger partial charge on any atom is -0.491 e. The number of rotatable bonds is 7. The van der Waals surface area contributed by atoms with Crippen LogP contribution in [0, 0.1) is 17.2 Å². The number of para-hydroxylation sites is 1. The number of nitriles is 1. The van der Waals surface area contributed by atoms with E-state index in [1.165, 1.54) is 19.3 Å². The van der Waals surface area contributed by atoms with Crippen LogP contribution in [0.2, 0.25) is 0 Å². The lowest BCUT2D eigenvalue weighted by Gasteiger charge is -2.30. The third kappa shape index (κ3) is 5.70. The monoisotopic (exact) mass is 357 g/mol. The van der Waals surface area contributed by atoms with Gasteiger partial charge in [0.2, 0.25) is 0 Å². The maximum Gasteiger partial charge on any atom is 0.123 e. The molecule has 142 valence electrons. The summed E-state index contributed by atoms with van der Waals surface area (Å²) in [6, 6.07) is 10.5. The Morgan fingerprint density at radius 3 is 2.54 bits per heavy atom. The molecule has 0 radical (unpaired) electrons. The summed E-state index contributed by atoms with van der Waals surface area (Å²) in [6.45, 7) is 5.98. The molecule has 2 heterocycles. The van der Waals surface area contributed by atoms with Gasteiger partial charge in [0.15, 0.2) is 0 Å². The molecule has 1 N–H and O–H groups in total. The summed E-state index contributed by atoms with van der Waals surface area (Å²) in [5.74, 6) is 1.08. The first-order chi connectivity index (χ1) is 12.7. The molecule has 0 amide bonds. The van der Waals surface area contributed by atoms with E-state index >= 15 is 0 Å². The zero-order valence-corrected chi connectivity index (χ0v) is 15.6. The average Bonchev–Trinajstić information content (AvgIpc) is 2.69. The van der Waals surface area contributed by atoms with Crippen LogP contribution in [0.4, 0.5) is 0 Å². The van der Waals surface area contributed by atoms with Gasteiger partial charge in [-0.25, -0.2) is 0 Å². The van der Waals surface area contributed by atoms with Gasteiger partial charge >= 0.3 is 0 Å². The number of hydrogen-bond donors (Lipinski definition) is 1. The number of likely N-dealkylation sites (tertiary alicyclic amines) is 2. The summed E-state index contributed by atoms with van der Waals surface area (Å²) in [6.07, 6.45) is 5.23. The summed E-state index contributed by atoms with van der Waals surface area (Å²) in [5.41, 5.74) is 1.16. The predicted molar refractivity (Wildman–Crippen MR) is 102 cm³/mol. The van der Waals surface area contributed by atoms with Crippen molar-refractivity contribution >= 4 is 0 Å². The van der Waals surface area contributed by atoms with E-state index in [2.05, 4.69) is 21.9 Å². The molecule has 0 aromatic heterocycles. The molecule has 2 aliphatic heterocycles. The van der Waals surface area contributed by atoms with Crippen molar-refractivity contribution in [3.63, 3.8) is 0 Å². The zero-order valence-electron chi connectivity index (χ0n) is 15.6. The highest BCUT2D eigenvalue weighted by molar-refractivity contribution is 5.33. The lowest BCUT2D eigenvalue weighted by molar-refractivity contribution is 0.0610. The average molecular weight is 357 g/mol. The largest absolute Gasteiger partial charge is 0.491 e. The Balaban J connectivity index is 1.48. The normalized spacial score (nSPS) is 21.2. The van der Waals surface area contributed by atoms with E-state index < -0.39 is 6.10 Å². The van der Waals surface area contributed by atoms with Gasteiger partial charge in [-0.2, -0.15) is 5.26 Å². The summed E-state index contributed by atoms with van der Waals surface area (Å²) >= 11 is 0. The third-order valence-electron chi connectivity index (χ3n) is 5.49. The smallest absolute Gasteiger partial charge is 0.123 e. The lowest BCUT2D eigenvalue weighted by Crippen LogP contribution is -2.38. The summed E-state index contributed by atoms with van der Waals surface area (Å²) < 4.78 is 5.97. The van der Waals surface area contributed by atoms with E-state index in [1.807, 2.05) is 18.2 Å². The highest BCUT2D eigenvalue weighted by Gasteiger charge is 2.20. The third-order valence-corrected chi connectivity index (χ3v) is 5.49. The lowest BCUT2D eigenvalue weighted by atomic mass is 9.98. The van der Waals surface area contributed by atoms with Gasteiger partial charge in [0.1, 0.15) is 18.5 Å². The SMILES string of the molecule is N#CC1CCN(Cc2ccccc2OC[C@H](O)CN2CCCCC2)CC1. The first-order valence-electron chi connectivity index (χ1n) is 9.97. The molecule has 5 heteroatoms. The predicted octanol–water partition coefficient (Wildman–Crippen LogP) is 2.65. The highest BCUT2D eigenvalue weighted by Crippen LogP contribution is 2.23. The van der Waals surface area contributed by atoms with Crippen molar-refractivity contribution in [3.05, 3.63) is 29.8 Å². The number of β-amino-alcohol motifs (C(OH)–C–C–N with tert-alkyl or cyclic N) is 1. The molecule has 0 spiro atoms. The van der Waals surface area contributed by atoms with Gasteiger partial charge in [-0.15, -0.1) is 0 Å². The number of ether oxygens (including phenoxy) is 1. The molecular weight excluding hydrogens is 326 g/mol. The van der Waals surface area contributed by atoms with Crippen LogP contribution < -0.4 is 4.74 Å². The van der Waals surface area contributed by atoms with Crippen LogP contribution in [0.25, 0.3) is 0 Å². The van der Waals surface area contributed by atoms with Gasteiger partial charge in [-0.3, -0.25) is 4.90 Å². The number of benzene rings is 1. The maximum atomic E-state index is 10.3. The van der Waals surface area contributed by atoms with Crippen molar-refractivity contribution in [2.45, 2.75) is 44.8 Å². The van der Waals surface area contributed by atoms with Crippen LogP contribution in [0.5, 0.6) is 5.75 Å². The van der Waals surface area contributed by atoms with Crippen molar-refractivity contribution in [1.29, 1.82) is 5.26 Å². The summed E-state index contributed by atoms with van der Waals surface area (Å²) in [4.78, 5) is 4.73. The van der Waals surface area contributed by atoms with Crippen molar-refractivity contribution in [1.82, 2.24) is 9.80 Å². The van der Waals surface area contributed by atoms with Crippen LogP contribution in [0.15, 0.2) is 24.3 Å². The number of hydrogen-bond acceptors (Lipinski definition) is 5. The standard InChI is InChI=1S/C21H31N3O2/c22-14-18-8-12-24(13-9-18)15-19-6-2-3-7-21(19)26-17-20(25)16-23-10-4-1-5-11-23/h2-3,6-7,18,20,25H,1,4-5,8-13,15-17H2/t20-/m1/s1. The fraction of sp³-hybridized carbons (Fsp3) is 0.667. The molecule has 5 nitrogen and oxygen atoms in total. The Hall–Kier alpha value is -1.61. The molecule has 2 fully saturated rings. The molecule has 2 saturated heterocycles. The molecule has 0 saturated carbocycles. The summed E-state index contributed by atoms with van der Waals surface area (Å²) in [5, 5.41) is 19.4. The van der Waals surface area contributed by atoms with E-state index in [0.717, 1.165) is 56.9 Å². The Bertz CT molecular complexity index is 587. The van der Waals surface area contributed by atoms with Crippen LogP contribution in [0.1, 0.15) is 37.7 Å². The minimum atomic E-state index is -0.451. The molecule has 1 atom stereocenters. The first-order valence-corrected chi connectivity index (χ1v) is 9.97. The molecule has 1 aromatic rings. The van der Waals surface area contributed by atoms with E-state index in [0.29, 0.717) is 13.2 Å². The van der Waals surface area contributed by atoms with E-state index in [-0.39, 0.29) is 5.92 Å². The molecule has 0 unspecified atom stereocenters. The fourth-order valence-corrected chi connectivity index (χ4v) is 3.92. The van der Waals surface area contributed by atoms with Gasteiger partial charge in [-0.1, -0.05) is 24.6 Å². The van der Waals surface area contributed by atoms with E-state index in [1.54, 1.807) is 0 Å². The van der Waals surface area contributed by atoms with Gasteiger partial charge in [0, 0.05) is 24.6 Å². The van der Waals surface area contributed by atoms with Crippen molar-refractivity contribution < 1.29 is 9.84 Å². The zero-order chi connectivity index (χ0) is 18.2. The van der Waals surface area contributed by atoms with Crippen LogP contribution in [-0.2, 0) is 6.54 Å². The Morgan fingerprint density at radius 2 is 1.81 bits per heavy atom. The second-order valence-corrected chi connectivity index (χ2v) is 7.61. The van der Waals surface area contributed by atoms with Gasteiger partial charge in [0.05, 0.1) is 6.07 Å².